The van der Waals surface area contributed by atoms with Gasteiger partial charge in [-0.05, 0) is 30.5 Å². The molecular formula is C17H19N3O5S. The highest BCUT2D eigenvalue weighted by Gasteiger charge is 2.45. The molecule has 1 atom stereocenters. The number of nitrogens with one attached hydrogen (secondary N) is 1. The Kier molecular flexibility index (Phi) is 4.63. The predicted octanol–water partition coefficient (Wildman–Crippen LogP) is 1.42. The molecule has 1 saturated carbocycles. The molecule has 0 spiro atoms. The van der Waals surface area contributed by atoms with Crippen LogP contribution in [-0.2, 0) is 25.0 Å². The fourth-order valence-electron chi connectivity index (χ4n) is 2.99. The van der Waals surface area contributed by atoms with Crippen LogP contribution in [0.4, 0.5) is 10.5 Å². The van der Waals surface area contributed by atoms with Crippen LogP contribution in [0.15, 0.2) is 24.3 Å². The van der Waals surface area contributed by atoms with Crippen molar-refractivity contribution in [2.75, 3.05) is 17.2 Å². The van der Waals surface area contributed by atoms with Crippen molar-refractivity contribution in [3.8, 4) is 6.07 Å². The first-order chi connectivity index (χ1) is 12.2. The number of carbonyl (C=O) groups excluding carboxylic acids is 2. The van der Waals surface area contributed by atoms with Crippen molar-refractivity contribution in [2.45, 2.75) is 37.7 Å². The van der Waals surface area contributed by atoms with Crippen LogP contribution in [0.25, 0.3) is 0 Å². The number of nitrogens with zero attached hydrogens (tertiary/aromatic N) is 2. The standard InChI is InChI=1S/C17H19N3O5S/c1-12(21)19-26(23,24)9-6-15-10-20(16(22)25-15)14-4-2-13(3-5-14)17(11-18)7-8-17/h2-5,15H,6-10H2,1H3,(H,19,21). The number of hydrogen-bond donors (Lipinski definition) is 1. The smallest absolute Gasteiger partial charge is 0.414 e. The van der Waals surface area contributed by atoms with Crippen LogP contribution in [0.2, 0.25) is 0 Å². The number of carbonyl (C=O) groups is 2. The number of benzene rings is 1. The second-order valence-electron chi connectivity index (χ2n) is 6.62. The van der Waals surface area contributed by atoms with E-state index in [1.165, 1.54) is 4.90 Å². The third-order valence-electron chi connectivity index (χ3n) is 4.58. The summed E-state index contributed by atoms with van der Waals surface area (Å²) in [5.41, 5.74) is 1.19. The molecule has 1 aromatic rings. The molecule has 2 aliphatic rings. The van der Waals surface area contributed by atoms with Crippen LogP contribution in [0.5, 0.6) is 0 Å². The topological polar surface area (TPSA) is 117 Å². The van der Waals surface area contributed by atoms with Gasteiger partial charge in [0.25, 0.3) is 0 Å². The number of rotatable bonds is 6. The van der Waals surface area contributed by atoms with Gasteiger partial charge in [-0.1, -0.05) is 12.1 Å². The van der Waals surface area contributed by atoms with Crippen molar-refractivity contribution in [1.82, 2.24) is 4.72 Å². The molecule has 1 saturated heterocycles. The largest absolute Gasteiger partial charge is 0.444 e. The molecule has 8 nitrogen and oxygen atoms in total. The minimum Gasteiger partial charge on any atom is -0.444 e. The van der Waals surface area contributed by atoms with Gasteiger partial charge in [-0.3, -0.25) is 14.4 Å². The second-order valence-corrected chi connectivity index (χ2v) is 8.46. The normalized spacial score (nSPS) is 21.0. The predicted molar refractivity (Wildman–Crippen MR) is 92.8 cm³/mol. The Morgan fingerprint density at radius 2 is 2.04 bits per heavy atom. The summed E-state index contributed by atoms with van der Waals surface area (Å²) in [5.74, 6) is -0.955. The summed E-state index contributed by atoms with van der Waals surface area (Å²) < 4.78 is 30.5. The lowest BCUT2D eigenvalue weighted by Crippen LogP contribution is -2.32. The number of sulfonamides is 1. The highest BCUT2D eigenvalue weighted by molar-refractivity contribution is 7.90. The molecule has 1 unspecified atom stereocenters. The summed E-state index contributed by atoms with van der Waals surface area (Å²) in [6.07, 6.45) is 0.681. The molecular weight excluding hydrogens is 358 g/mol. The molecule has 2 fully saturated rings. The summed E-state index contributed by atoms with van der Waals surface area (Å²) in [6, 6.07) is 9.54. The average Bonchev–Trinajstić information content (AvgIpc) is 3.29. The first kappa shape index (κ1) is 18.2. The quantitative estimate of drug-likeness (QED) is 0.801. The van der Waals surface area contributed by atoms with E-state index in [2.05, 4.69) is 6.07 Å². The first-order valence-electron chi connectivity index (χ1n) is 8.26. The van der Waals surface area contributed by atoms with Crippen LogP contribution in [-0.4, -0.2) is 38.8 Å². The monoisotopic (exact) mass is 377 g/mol. The molecule has 2 amide bonds. The number of anilines is 1. The number of ether oxygens (including phenoxy) is 1. The molecule has 138 valence electrons. The lowest BCUT2D eigenvalue weighted by molar-refractivity contribution is -0.117. The Morgan fingerprint density at radius 1 is 1.38 bits per heavy atom. The molecule has 3 rings (SSSR count). The Morgan fingerprint density at radius 3 is 2.58 bits per heavy atom. The maximum Gasteiger partial charge on any atom is 0.414 e. The maximum absolute atomic E-state index is 12.1. The van der Waals surface area contributed by atoms with Crippen LogP contribution in [0, 0.1) is 11.3 Å². The second kappa shape index (κ2) is 6.61. The highest BCUT2D eigenvalue weighted by Crippen LogP contribution is 2.47. The Balaban J connectivity index is 1.61. The van der Waals surface area contributed by atoms with E-state index in [9.17, 15) is 23.3 Å². The van der Waals surface area contributed by atoms with Crippen molar-refractivity contribution in [3.63, 3.8) is 0 Å². The van der Waals surface area contributed by atoms with Crippen molar-refractivity contribution < 1.29 is 22.7 Å². The molecule has 1 heterocycles. The van der Waals surface area contributed by atoms with Crippen molar-refractivity contribution in [2.24, 2.45) is 0 Å². The fourth-order valence-corrected chi connectivity index (χ4v) is 4.10. The molecule has 9 heteroatoms. The molecule has 1 aliphatic heterocycles. The summed E-state index contributed by atoms with van der Waals surface area (Å²) in [7, 11) is -3.73. The van der Waals surface area contributed by atoms with Gasteiger partial charge in [0.2, 0.25) is 15.9 Å². The van der Waals surface area contributed by atoms with Crippen molar-refractivity contribution in [1.29, 1.82) is 5.26 Å². The zero-order chi connectivity index (χ0) is 18.9. The minimum atomic E-state index is -3.73. The van der Waals surface area contributed by atoms with E-state index in [0.717, 1.165) is 25.3 Å². The van der Waals surface area contributed by atoms with Gasteiger partial charge in [0, 0.05) is 19.0 Å². The molecule has 1 aliphatic carbocycles. The summed E-state index contributed by atoms with van der Waals surface area (Å²) in [5, 5.41) is 9.24. The van der Waals surface area contributed by atoms with Crippen LogP contribution < -0.4 is 9.62 Å². The maximum atomic E-state index is 12.1. The SMILES string of the molecule is CC(=O)NS(=O)(=O)CCC1CN(c2ccc(C3(C#N)CC3)cc2)C(=O)O1. The van der Waals surface area contributed by atoms with Crippen LogP contribution in [0.1, 0.15) is 31.7 Å². The minimum absolute atomic E-state index is 0.0977. The van der Waals surface area contributed by atoms with Gasteiger partial charge in [0.1, 0.15) is 6.10 Å². The molecule has 1 N–H and O–H groups in total. The third kappa shape index (κ3) is 3.80. The van der Waals surface area contributed by atoms with Gasteiger partial charge in [-0.2, -0.15) is 5.26 Å². The lowest BCUT2D eigenvalue weighted by atomic mass is 9.97. The Labute approximate surface area is 151 Å². The number of hydrogen-bond acceptors (Lipinski definition) is 6. The number of cyclic esters (lactones) is 1. The third-order valence-corrected chi connectivity index (χ3v) is 5.95. The van der Waals surface area contributed by atoms with E-state index in [1.54, 1.807) is 12.1 Å². The summed E-state index contributed by atoms with van der Waals surface area (Å²) in [4.78, 5) is 24.4. The number of amides is 2. The van der Waals surface area contributed by atoms with Gasteiger partial charge in [0.15, 0.2) is 0 Å². The lowest BCUT2D eigenvalue weighted by Gasteiger charge is -2.14. The van der Waals surface area contributed by atoms with Gasteiger partial charge in [-0.15, -0.1) is 0 Å². The van der Waals surface area contributed by atoms with Crippen LogP contribution in [0.3, 0.4) is 0 Å². The van der Waals surface area contributed by atoms with Crippen LogP contribution >= 0.6 is 0 Å². The summed E-state index contributed by atoms with van der Waals surface area (Å²) in [6.45, 7) is 1.35. The van der Waals surface area contributed by atoms with E-state index in [-0.39, 0.29) is 24.1 Å². The molecule has 0 radical (unpaired) electrons. The van der Waals surface area contributed by atoms with E-state index in [4.69, 9.17) is 4.74 Å². The van der Waals surface area contributed by atoms with E-state index < -0.39 is 28.1 Å². The van der Waals surface area contributed by atoms with Crippen molar-refractivity contribution >= 4 is 27.7 Å². The fraction of sp³-hybridized carbons (Fsp3) is 0.471. The Hall–Kier alpha value is -2.60. The average molecular weight is 377 g/mol. The van der Waals surface area contributed by atoms with Gasteiger partial charge >= 0.3 is 6.09 Å². The van der Waals surface area contributed by atoms with E-state index in [0.29, 0.717) is 5.69 Å². The Bertz CT molecular complexity index is 869. The van der Waals surface area contributed by atoms with Gasteiger partial charge in [0.05, 0.1) is 23.8 Å². The van der Waals surface area contributed by atoms with E-state index >= 15 is 0 Å². The molecule has 26 heavy (non-hydrogen) atoms. The zero-order valence-electron chi connectivity index (χ0n) is 14.3. The van der Waals surface area contributed by atoms with E-state index in [1.807, 2.05) is 16.9 Å². The highest BCUT2D eigenvalue weighted by atomic mass is 32.2. The van der Waals surface area contributed by atoms with Crippen molar-refractivity contribution in [3.05, 3.63) is 29.8 Å². The van der Waals surface area contributed by atoms with Gasteiger partial charge in [-0.25, -0.2) is 13.2 Å². The first-order valence-corrected chi connectivity index (χ1v) is 9.91. The van der Waals surface area contributed by atoms with Gasteiger partial charge < -0.3 is 4.74 Å². The molecule has 0 aromatic heterocycles. The molecule has 0 bridgehead atoms. The summed E-state index contributed by atoms with van der Waals surface area (Å²) >= 11 is 0. The molecule has 1 aromatic carbocycles. The number of nitriles is 1. The zero-order valence-corrected chi connectivity index (χ0v) is 15.1.